The molecular weight excluding hydrogens is 467 g/mol. The molecule has 2 rings (SSSR count). The summed E-state index contributed by atoms with van der Waals surface area (Å²) in [7, 11) is 0. The van der Waals surface area contributed by atoms with E-state index in [1.807, 2.05) is 0 Å². The topological polar surface area (TPSA) is 32.3 Å². The van der Waals surface area contributed by atoms with E-state index in [-0.39, 0.29) is 31.2 Å². The van der Waals surface area contributed by atoms with Crippen molar-refractivity contribution in [1.82, 2.24) is 5.32 Å². The number of aliphatic hydroxyl groups excluding tert-OH is 1. The van der Waals surface area contributed by atoms with Gasteiger partial charge in [-0.15, -0.1) is 0 Å². The van der Waals surface area contributed by atoms with Crippen molar-refractivity contribution in [2.45, 2.75) is 68.2 Å². The van der Waals surface area contributed by atoms with Crippen LogP contribution in [0.5, 0.6) is 0 Å². The average molecular weight is 487 g/mol. The van der Waals surface area contributed by atoms with Crippen LogP contribution in [0.15, 0.2) is 24.3 Å². The Balaban J connectivity index is 2.28. The zero-order chi connectivity index (χ0) is 24.6. The first-order chi connectivity index (χ1) is 14.4. The van der Waals surface area contributed by atoms with Crippen molar-refractivity contribution in [3.05, 3.63) is 35.4 Å². The van der Waals surface area contributed by atoms with Crippen LogP contribution in [0.3, 0.4) is 0 Å². The molecule has 1 fully saturated rings. The van der Waals surface area contributed by atoms with Gasteiger partial charge in [0, 0.05) is 17.6 Å². The van der Waals surface area contributed by atoms with Crippen molar-refractivity contribution < 1.29 is 53.4 Å². The summed E-state index contributed by atoms with van der Waals surface area (Å²) in [6.45, 7) is -1.10. The van der Waals surface area contributed by atoms with Gasteiger partial charge in [-0.05, 0) is 31.2 Å². The Morgan fingerprint density at radius 1 is 0.938 bits per heavy atom. The van der Waals surface area contributed by atoms with E-state index in [0.717, 1.165) is 12.1 Å². The zero-order valence-corrected chi connectivity index (χ0v) is 16.3. The Kier molecular flexibility index (Phi) is 7.45. The van der Waals surface area contributed by atoms with Gasteiger partial charge in [-0.1, -0.05) is 30.7 Å². The molecule has 1 saturated carbocycles. The number of nitrogens with one attached hydrogen (secondary N) is 1. The van der Waals surface area contributed by atoms with E-state index >= 15 is 0 Å². The Bertz CT molecular complexity index is 755. The van der Waals surface area contributed by atoms with Crippen molar-refractivity contribution in [2.75, 3.05) is 6.54 Å². The molecule has 0 bridgehead atoms. The number of hydrogen-bond donors (Lipinski definition) is 2. The normalized spacial score (nSPS) is 24.4. The number of halogens is 11. The standard InChI is InChI=1S/C19H20F11NO/c20-16(21,19(28,29)30)12-5-3-11(4-6-12)8-15(31-10-14(32)18(25,26)27)7-1-2-13(9-15)17(22,23)24/h3-6,13-14,31-32H,1-2,7-10H2. The van der Waals surface area contributed by atoms with Crippen LogP contribution in [-0.4, -0.2) is 41.8 Å². The van der Waals surface area contributed by atoms with Gasteiger partial charge in [-0.2, -0.15) is 48.3 Å². The summed E-state index contributed by atoms with van der Waals surface area (Å²) in [5.41, 5.74) is -2.89. The van der Waals surface area contributed by atoms with Crippen LogP contribution in [0.1, 0.15) is 36.8 Å². The number of benzene rings is 1. The van der Waals surface area contributed by atoms with Gasteiger partial charge >= 0.3 is 24.5 Å². The quantitative estimate of drug-likeness (QED) is 0.491. The third-order valence-electron chi connectivity index (χ3n) is 5.57. The zero-order valence-electron chi connectivity index (χ0n) is 16.3. The summed E-state index contributed by atoms with van der Waals surface area (Å²) in [6.07, 6.45) is -19.6. The molecule has 3 atom stereocenters. The number of alkyl halides is 11. The largest absolute Gasteiger partial charge is 0.458 e. The third-order valence-corrected chi connectivity index (χ3v) is 5.57. The second kappa shape index (κ2) is 8.96. The molecule has 0 heterocycles. The van der Waals surface area contributed by atoms with Crippen LogP contribution in [0.4, 0.5) is 48.3 Å². The second-order valence-corrected chi connectivity index (χ2v) is 8.00. The van der Waals surface area contributed by atoms with Crippen LogP contribution in [0.2, 0.25) is 0 Å². The highest BCUT2D eigenvalue weighted by Crippen LogP contribution is 2.45. The molecule has 32 heavy (non-hydrogen) atoms. The lowest BCUT2D eigenvalue weighted by molar-refractivity contribution is -0.289. The Morgan fingerprint density at radius 2 is 1.50 bits per heavy atom. The van der Waals surface area contributed by atoms with Crippen LogP contribution in [0, 0.1) is 5.92 Å². The van der Waals surface area contributed by atoms with Crippen LogP contribution >= 0.6 is 0 Å². The SMILES string of the molecule is OC(CNC1(Cc2ccc(C(F)(F)C(F)(F)F)cc2)CCCC(C(F)(F)F)C1)C(F)(F)F. The summed E-state index contributed by atoms with van der Waals surface area (Å²) in [6, 6.07) is 2.70. The van der Waals surface area contributed by atoms with Gasteiger partial charge in [0.05, 0.1) is 5.92 Å². The summed E-state index contributed by atoms with van der Waals surface area (Å²) in [5.74, 6) is -6.99. The van der Waals surface area contributed by atoms with E-state index < -0.39 is 60.5 Å². The van der Waals surface area contributed by atoms with Crippen molar-refractivity contribution in [1.29, 1.82) is 0 Å². The maximum Gasteiger partial charge on any atom is 0.458 e. The summed E-state index contributed by atoms with van der Waals surface area (Å²) < 4.78 is 142. The molecule has 0 radical (unpaired) electrons. The second-order valence-electron chi connectivity index (χ2n) is 8.00. The monoisotopic (exact) mass is 487 g/mol. The van der Waals surface area contributed by atoms with Gasteiger partial charge in [-0.3, -0.25) is 0 Å². The summed E-state index contributed by atoms with van der Waals surface area (Å²) >= 11 is 0. The van der Waals surface area contributed by atoms with E-state index in [4.69, 9.17) is 0 Å². The van der Waals surface area contributed by atoms with E-state index in [1.165, 1.54) is 0 Å². The minimum atomic E-state index is -5.85. The molecule has 184 valence electrons. The van der Waals surface area contributed by atoms with Gasteiger partial charge in [0.2, 0.25) is 0 Å². The predicted molar refractivity (Wildman–Crippen MR) is 90.9 cm³/mol. The molecule has 2 nitrogen and oxygen atoms in total. The molecule has 1 aliphatic rings. The number of aliphatic hydroxyl groups is 1. The molecular formula is C19H20F11NO. The van der Waals surface area contributed by atoms with Gasteiger partial charge < -0.3 is 10.4 Å². The predicted octanol–water partition coefficient (Wildman–Crippen LogP) is 5.89. The maximum absolute atomic E-state index is 13.4. The molecule has 3 unspecified atom stereocenters. The minimum absolute atomic E-state index is 0.00931. The number of hydrogen-bond acceptors (Lipinski definition) is 2. The first-order valence-electron chi connectivity index (χ1n) is 9.48. The highest BCUT2D eigenvalue weighted by atomic mass is 19.4. The lowest BCUT2D eigenvalue weighted by Gasteiger charge is -2.43. The fourth-order valence-corrected chi connectivity index (χ4v) is 3.84. The van der Waals surface area contributed by atoms with Gasteiger partial charge in [0.15, 0.2) is 6.10 Å². The molecule has 2 N–H and O–H groups in total. The van der Waals surface area contributed by atoms with E-state index in [9.17, 15) is 53.4 Å². The number of rotatable bonds is 6. The molecule has 0 aliphatic heterocycles. The molecule has 0 amide bonds. The minimum Gasteiger partial charge on any atom is -0.382 e. The smallest absolute Gasteiger partial charge is 0.382 e. The van der Waals surface area contributed by atoms with E-state index in [0.29, 0.717) is 12.1 Å². The fourth-order valence-electron chi connectivity index (χ4n) is 3.84. The summed E-state index contributed by atoms with van der Waals surface area (Å²) in [5, 5.41) is 11.6. The summed E-state index contributed by atoms with van der Waals surface area (Å²) in [4.78, 5) is 0. The maximum atomic E-state index is 13.4. The molecule has 0 spiro atoms. The van der Waals surface area contributed by atoms with Crippen LogP contribution in [0.25, 0.3) is 0 Å². The van der Waals surface area contributed by atoms with Gasteiger partial charge in [-0.25, -0.2) is 0 Å². The van der Waals surface area contributed by atoms with Crippen molar-refractivity contribution in [3.8, 4) is 0 Å². The van der Waals surface area contributed by atoms with E-state index in [2.05, 4.69) is 5.32 Å². The van der Waals surface area contributed by atoms with Crippen molar-refractivity contribution in [2.24, 2.45) is 5.92 Å². The molecule has 0 saturated heterocycles. The molecule has 0 aromatic heterocycles. The Labute approximate surface area is 175 Å². The molecule has 1 aromatic carbocycles. The number of β-amino-alcohol motifs (C(OH)–C–C–N with tert-alkyl or cyclic N) is 1. The van der Waals surface area contributed by atoms with Crippen LogP contribution < -0.4 is 5.32 Å². The lowest BCUT2D eigenvalue weighted by Crippen LogP contribution is -2.55. The Morgan fingerprint density at radius 3 is 1.97 bits per heavy atom. The fraction of sp³-hybridized carbons (Fsp3) is 0.684. The average Bonchev–Trinajstić information content (AvgIpc) is 2.64. The highest BCUT2D eigenvalue weighted by Gasteiger charge is 2.58. The lowest BCUT2D eigenvalue weighted by atomic mass is 9.72. The van der Waals surface area contributed by atoms with Gasteiger partial charge in [0.1, 0.15) is 0 Å². The highest BCUT2D eigenvalue weighted by molar-refractivity contribution is 5.28. The first-order valence-corrected chi connectivity index (χ1v) is 9.48. The third kappa shape index (κ3) is 6.24. The molecule has 1 aromatic rings. The van der Waals surface area contributed by atoms with Crippen molar-refractivity contribution >= 4 is 0 Å². The molecule has 1 aliphatic carbocycles. The van der Waals surface area contributed by atoms with Crippen LogP contribution in [-0.2, 0) is 12.3 Å². The Hall–Kier alpha value is -1.63. The van der Waals surface area contributed by atoms with Crippen molar-refractivity contribution in [3.63, 3.8) is 0 Å². The molecule has 13 heteroatoms. The first kappa shape index (κ1) is 26.6. The van der Waals surface area contributed by atoms with E-state index in [1.54, 1.807) is 0 Å². The van der Waals surface area contributed by atoms with Gasteiger partial charge in [0.25, 0.3) is 0 Å².